The molecule has 3 aliphatic rings. The van der Waals surface area contributed by atoms with Crippen LogP contribution in [0.1, 0.15) is 79.0 Å². The van der Waals surface area contributed by atoms with Gasteiger partial charge in [-0.15, -0.1) is 55.3 Å². The second kappa shape index (κ2) is 30.1. The standard InChI is InChI=1S/C29H26N2.2C28H25N3.3Ir/c1-29(2,3)23-17-19-24(20-18-23)30-21-31(28-16-10-9-15-27(28)30)26-14-8-7-13-25(26)22-11-5-4-6-12-22;1-28(2,3)22-13-9-14-23(19-22)30-20-31(26-17-10-18-29-27(26)30)25-16-8-7-15-24(25)21-11-5-4-6-12-21;1-28(2,3)22-15-17-23(18-16-22)30-20-31(27-26(30)14-9-19-29-27)25-13-8-7-12-24(25)21-10-5-4-6-11-21;;;/h4-19,21H,1-3H3;4-13,15-20H,1-3H3;4-17,19-20H,1-3H3;;;/q3*-2;;;. The van der Waals surface area contributed by atoms with E-state index in [0.717, 1.165) is 62.8 Å². The first-order valence-electron chi connectivity index (χ1n) is 31.9. The molecule has 96 heavy (non-hydrogen) atoms. The van der Waals surface area contributed by atoms with Crippen molar-refractivity contribution in [2.75, 3.05) is 29.4 Å². The zero-order valence-corrected chi connectivity index (χ0v) is 62.6. The van der Waals surface area contributed by atoms with Crippen molar-refractivity contribution in [2.45, 2.75) is 78.6 Å². The molecular weight excluding hydrogens is 1710 g/mol. The summed E-state index contributed by atoms with van der Waals surface area (Å²) < 4.78 is 0. The minimum Gasteiger partial charge on any atom is -0.493 e. The smallest absolute Gasteiger partial charge is 0.126 e. The molecule has 0 unspecified atom stereocenters. The molecule has 11 heteroatoms. The first-order valence-corrected chi connectivity index (χ1v) is 31.9. The maximum Gasteiger partial charge on any atom is 0.126 e. The predicted octanol–water partition coefficient (Wildman–Crippen LogP) is 22.4. The number of pyridine rings is 2. The van der Waals surface area contributed by atoms with Gasteiger partial charge >= 0.3 is 0 Å². The van der Waals surface area contributed by atoms with Gasteiger partial charge in [-0.2, -0.15) is 71.3 Å². The molecule has 0 N–H and O–H groups in total. The second-order valence-electron chi connectivity index (χ2n) is 26.5. The minimum atomic E-state index is 0. The van der Waals surface area contributed by atoms with Crippen LogP contribution in [0.2, 0.25) is 0 Å². The summed E-state index contributed by atoms with van der Waals surface area (Å²) in [7, 11) is 0. The van der Waals surface area contributed by atoms with E-state index in [2.05, 4.69) is 367 Å². The Balaban J connectivity index is 0.000000154. The van der Waals surface area contributed by atoms with E-state index in [4.69, 9.17) is 9.97 Å². The van der Waals surface area contributed by atoms with Crippen molar-refractivity contribution in [1.29, 1.82) is 0 Å². The van der Waals surface area contributed by atoms with Crippen LogP contribution in [0.25, 0.3) is 33.4 Å². The summed E-state index contributed by atoms with van der Waals surface area (Å²) in [6, 6.07) is 104. The quantitative estimate of drug-likeness (QED) is 0.133. The van der Waals surface area contributed by atoms with Gasteiger partial charge in [0.2, 0.25) is 0 Å². The Hall–Kier alpha value is -8.75. The molecule has 0 bridgehead atoms. The summed E-state index contributed by atoms with van der Waals surface area (Å²) in [6.07, 6.45) is 3.70. The Morgan fingerprint density at radius 3 is 1.04 bits per heavy atom. The van der Waals surface area contributed by atoms with Gasteiger partial charge in [-0.3, -0.25) is 0 Å². The van der Waals surface area contributed by atoms with E-state index in [1.807, 2.05) is 42.7 Å². The maximum absolute atomic E-state index is 4.72. The van der Waals surface area contributed by atoms with Gasteiger partial charge in [0.05, 0.1) is 11.4 Å². The fraction of sp³-hybridized carbons (Fsp3) is 0.141. The van der Waals surface area contributed by atoms with E-state index >= 15 is 0 Å². The average molecular weight is 1790 g/mol. The maximum atomic E-state index is 4.72. The second-order valence-corrected chi connectivity index (χ2v) is 26.5. The monoisotopic (exact) mass is 1790 g/mol. The summed E-state index contributed by atoms with van der Waals surface area (Å²) >= 11 is 0. The van der Waals surface area contributed by atoms with Gasteiger partial charge in [-0.05, 0) is 76.7 Å². The van der Waals surface area contributed by atoms with Crippen LogP contribution in [-0.4, -0.2) is 9.97 Å². The number of hydrogen-bond donors (Lipinski definition) is 0. The molecule has 0 saturated heterocycles. The van der Waals surface area contributed by atoms with Crippen molar-refractivity contribution in [2.24, 2.45) is 0 Å². The van der Waals surface area contributed by atoms with Gasteiger partial charge in [0.25, 0.3) is 0 Å². The first kappa shape index (κ1) is 70.1. The van der Waals surface area contributed by atoms with Crippen LogP contribution >= 0.6 is 0 Å². The number of anilines is 12. The number of aromatic nitrogens is 2. The number of benzene rings is 10. The number of hydrogen-bond acceptors (Lipinski definition) is 8. The van der Waals surface area contributed by atoms with E-state index in [-0.39, 0.29) is 76.6 Å². The topological polar surface area (TPSA) is 45.2 Å². The van der Waals surface area contributed by atoms with Crippen LogP contribution in [0.3, 0.4) is 0 Å². The third kappa shape index (κ3) is 14.9. The van der Waals surface area contributed by atoms with Crippen LogP contribution in [0.5, 0.6) is 0 Å². The molecule has 2 aromatic heterocycles. The van der Waals surface area contributed by atoms with Crippen molar-refractivity contribution in [3.63, 3.8) is 0 Å². The van der Waals surface area contributed by atoms with Crippen molar-refractivity contribution in [3.8, 4) is 33.4 Å². The summed E-state index contributed by atoms with van der Waals surface area (Å²) in [5.41, 5.74) is 22.1. The Labute approximate surface area is 609 Å². The van der Waals surface area contributed by atoms with Crippen LogP contribution in [-0.2, 0) is 76.6 Å². The molecule has 0 atom stereocenters. The molecule has 3 aliphatic heterocycles. The largest absolute Gasteiger partial charge is 0.493 e. The third-order valence-electron chi connectivity index (χ3n) is 17.1. The van der Waals surface area contributed by atoms with Crippen molar-refractivity contribution in [3.05, 3.63) is 334 Å². The molecule has 12 aromatic rings. The molecule has 5 heterocycles. The zero-order valence-electron chi connectivity index (χ0n) is 55.4. The summed E-state index contributed by atoms with van der Waals surface area (Å²) in [5, 5.41) is 0. The Morgan fingerprint density at radius 1 is 0.281 bits per heavy atom. The van der Waals surface area contributed by atoms with Crippen LogP contribution in [0.4, 0.5) is 68.5 Å². The van der Waals surface area contributed by atoms with E-state index < -0.39 is 0 Å². The zero-order chi connectivity index (χ0) is 64.3. The van der Waals surface area contributed by atoms with Gasteiger partial charge in [-0.25, -0.2) is 9.97 Å². The minimum absolute atomic E-state index is 0. The number of nitrogens with zero attached hydrogens (tertiary/aromatic N) is 8. The van der Waals surface area contributed by atoms with Crippen molar-refractivity contribution in [1.82, 2.24) is 9.97 Å². The number of para-hydroxylation sites is 5. The Morgan fingerprint density at radius 2 is 0.615 bits per heavy atom. The fourth-order valence-corrected chi connectivity index (χ4v) is 12.0. The van der Waals surface area contributed by atoms with Gasteiger partial charge in [0, 0.05) is 118 Å². The number of fused-ring (bicyclic) bond motifs is 3. The van der Waals surface area contributed by atoms with Crippen molar-refractivity contribution >= 4 is 68.5 Å². The van der Waals surface area contributed by atoms with Gasteiger partial charge in [0.15, 0.2) is 0 Å². The normalized spacial score (nSPS) is 13.0. The molecule has 8 nitrogen and oxygen atoms in total. The van der Waals surface area contributed by atoms with Crippen LogP contribution < -0.4 is 29.4 Å². The van der Waals surface area contributed by atoms with E-state index in [0.29, 0.717) is 0 Å². The third-order valence-corrected chi connectivity index (χ3v) is 17.1. The fourth-order valence-electron chi connectivity index (χ4n) is 12.0. The molecule has 10 aromatic carbocycles. The molecule has 15 rings (SSSR count). The molecule has 0 saturated carbocycles. The summed E-state index contributed by atoms with van der Waals surface area (Å²) in [6.45, 7) is 26.5. The Kier molecular flexibility index (Phi) is 22.0. The molecule has 0 aliphatic carbocycles. The van der Waals surface area contributed by atoms with Crippen LogP contribution in [0, 0.1) is 38.2 Å². The predicted molar refractivity (Wildman–Crippen MR) is 388 cm³/mol. The number of rotatable bonds is 9. The first-order chi connectivity index (χ1) is 45.1. The molecule has 0 amide bonds. The van der Waals surface area contributed by atoms with Crippen molar-refractivity contribution < 1.29 is 60.3 Å². The molecule has 489 valence electrons. The SMILES string of the molecule is CC(C)(C)c1c[c-]c(N2[CH-]N(c3ccccc3-c3ccccc3)c3ccccc32)cc1.CC(C)(C)c1c[c-]c(N2[CH-]N(c3ccccc3-c3ccccc3)c3ncccc32)cc1.CC(C)(C)c1cc[c-]c(N2[CH-]N(c3ccccc3-c3ccccc3)c3cccnc32)c1.[Ir].[Ir].[Ir]. The van der Waals surface area contributed by atoms with E-state index in [1.54, 1.807) is 0 Å². The van der Waals surface area contributed by atoms with E-state index in [1.165, 1.54) is 55.8 Å². The van der Waals surface area contributed by atoms with Gasteiger partial charge in [0.1, 0.15) is 11.6 Å². The Bertz CT molecular complexity index is 4330. The van der Waals surface area contributed by atoms with Gasteiger partial charge in [-0.1, -0.05) is 231 Å². The average Bonchev–Trinajstić information content (AvgIpc) is 1.63. The van der Waals surface area contributed by atoms with E-state index in [9.17, 15) is 0 Å². The van der Waals surface area contributed by atoms with Gasteiger partial charge < -0.3 is 29.4 Å². The molecule has 0 spiro atoms. The molecule has 3 radical (unpaired) electrons. The van der Waals surface area contributed by atoms with Crippen LogP contribution in [0.15, 0.2) is 279 Å². The molecular formula is C85H76Ir3N8-6. The summed E-state index contributed by atoms with van der Waals surface area (Å²) in [5.74, 6) is 1.83. The summed E-state index contributed by atoms with van der Waals surface area (Å²) in [4.78, 5) is 22.6. The molecule has 0 fully saturated rings.